The van der Waals surface area contributed by atoms with E-state index in [-0.39, 0.29) is 17.9 Å². The molecular weight excluding hydrogens is 380 g/mol. The lowest BCUT2D eigenvalue weighted by atomic mass is 10.1. The average Bonchev–Trinajstić information content (AvgIpc) is 3.49. The van der Waals surface area contributed by atoms with Crippen LogP contribution in [0.2, 0.25) is 0 Å². The molecule has 2 fully saturated rings. The van der Waals surface area contributed by atoms with Crippen LogP contribution >= 0.6 is 0 Å². The van der Waals surface area contributed by atoms with Gasteiger partial charge in [0.25, 0.3) is 11.8 Å². The van der Waals surface area contributed by atoms with Crippen LogP contribution in [0.5, 0.6) is 11.5 Å². The third kappa shape index (κ3) is 4.42. The normalized spacial score (nSPS) is 18.5. The van der Waals surface area contributed by atoms with Gasteiger partial charge in [-0.1, -0.05) is 0 Å². The fraction of sp³-hybridized carbons (Fsp3) is 0.417. The van der Waals surface area contributed by atoms with Gasteiger partial charge >= 0.3 is 0 Å². The fourth-order valence-electron chi connectivity index (χ4n) is 4.16. The lowest BCUT2D eigenvalue weighted by Crippen LogP contribution is -2.39. The summed E-state index contributed by atoms with van der Waals surface area (Å²) in [5.74, 6) is 1.57. The van der Waals surface area contributed by atoms with Crippen molar-refractivity contribution in [3.63, 3.8) is 0 Å². The number of hydrogen-bond donors (Lipinski definition) is 0. The minimum absolute atomic E-state index is 0.0234. The molecule has 158 valence electrons. The zero-order valence-corrected chi connectivity index (χ0v) is 17.4. The largest absolute Gasteiger partial charge is 0.497 e. The second-order valence-electron chi connectivity index (χ2n) is 7.86. The molecule has 0 bridgehead atoms. The van der Waals surface area contributed by atoms with Crippen LogP contribution < -0.4 is 9.47 Å². The van der Waals surface area contributed by atoms with E-state index in [1.165, 1.54) is 0 Å². The topological polar surface area (TPSA) is 59.1 Å². The van der Waals surface area contributed by atoms with E-state index >= 15 is 0 Å². The molecule has 0 saturated carbocycles. The number of benzene rings is 2. The number of nitrogens with zero attached hydrogens (tertiary/aromatic N) is 2. The van der Waals surface area contributed by atoms with Crippen molar-refractivity contribution in [3.05, 3.63) is 59.7 Å². The van der Waals surface area contributed by atoms with Crippen LogP contribution in [-0.4, -0.2) is 61.0 Å². The molecule has 6 heteroatoms. The van der Waals surface area contributed by atoms with E-state index in [0.29, 0.717) is 17.7 Å². The molecular formula is C24H28N2O4. The van der Waals surface area contributed by atoms with E-state index in [0.717, 1.165) is 56.8 Å². The van der Waals surface area contributed by atoms with Crippen molar-refractivity contribution in [3.8, 4) is 11.5 Å². The zero-order chi connectivity index (χ0) is 20.9. The van der Waals surface area contributed by atoms with Crippen molar-refractivity contribution in [1.29, 1.82) is 0 Å². The number of likely N-dealkylation sites (tertiary alicyclic amines) is 2. The highest BCUT2D eigenvalue weighted by Gasteiger charge is 2.30. The van der Waals surface area contributed by atoms with Gasteiger partial charge in [-0.15, -0.1) is 0 Å². The molecule has 2 aromatic carbocycles. The predicted molar refractivity (Wildman–Crippen MR) is 114 cm³/mol. The maximum absolute atomic E-state index is 12.9. The van der Waals surface area contributed by atoms with Gasteiger partial charge in [0.05, 0.1) is 13.2 Å². The maximum atomic E-state index is 12.9. The summed E-state index contributed by atoms with van der Waals surface area (Å²) in [5.41, 5.74) is 1.36. The second-order valence-corrected chi connectivity index (χ2v) is 7.86. The molecule has 1 atom stereocenters. The zero-order valence-electron chi connectivity index (χ0n) is 17.4. The number of hydrogen-bond acceptors (Lipinski definition) is 4. The van der Waals surface area contributed by atoms with Crippen LogP contribution in [0.3, 0.4) is 0 Å². The highest BCUT2D eigenvalue weighted by molar-refractivity contribution is 5.95. The van der Waals surface area contributed by atoms with Crippen molar-refractivity contribution in [2.45, 2.75) is 31.7 Å². The molecule has 2 aliphatic rings. The Labute approximate surface area is 177 Å². The van der Waals surface area contributed by atoms with Gasteiger partial charge in [0.15, 0.2) is 0 Å². The quantitative estimate of drug-likeness (QED) is 0.733. The van der Waals surface area contributed by atoms with E-state index in [9.17, 15) is 9.59 Å². The highest BCUT2D eigenvalue weighted by atomic mass is 16.5. The first-order valence-corrected chi connectivity index (χ1v) is 10.6. The Balaban J connectivity index is 1.34. The summed E-state index contributed by atoms with van der Waals surface area (Å²) in [6.07, 6.45) is 4.06. The van der Waals surface area contributed by atoms with E-state index < -0.39 is 0 Å². The molecule has 0 radical (unpaired) electrons. The fourth-order valence-corrected chi connectivity index (χ4v) is 4.16. The molecule has 6 nitrogen and oxygen atoms in total. The van der Waals surface area contributed by atoms with Crippen LogP contribution in [0.1, 0.15) is 46.4 Å². The summed E-state index contributed by atoms with van der Waals surface area (Å²) in [6.45, 7) is 2.87. The number of carbonyl (C=O) groups is 2. The monoisotopic (exact) mass is 408 g/mol. The van der Waals surface area contributed by atoms with Crippen LogP contribution in [-0.2, 0) is 0 Å². The minimum atomic E-state index is 0.0234. The summed E-state index contributed by atoms with van der Waals surface area (Å²) in [7, 11) is 1.61. The number of rotatable bonds is 6. The second kappa shape index (κ2) is 9.20. The van der Waals surface area contributed by atoms with E-state index in [4.69, 9.17) is 9.47 Å². The Kier molecular flexibility index (Phi) is 6.21. The van der Waals surface area contributed by atoms with E-state index in [1.807, 2.05) is 34.1 Å². The van der Waals surface area contributed by atoms with Gasteiger partial charge in [0.2, 0.25) is 0 Å². The molecule has 0 aromatic heterocycles. The third-order valence-corrected chi connectivity index (χ3v) is 5.91. The van der Waals surface area contributed by atoms with E-state index in [1.54, 1.807) is 31.4 Å². The first kappa shape index (κ1) is 20.3. The summed E-state index contributed by atoms with van der Waals surface area (Å²) in [5, 5.41) is 0. The van der Waals surface area contributed by atoms with Gasteiger partial charge in [-0.25, -0.2) is 0 Å². The summed E-state index contributed by atoms with van der Waals surface area (Å²) < 4.78 is 11.1. The lowest BCUT2D eigenvalue weighted by Gasteiger charge is -2.25. The van der Waals surface area contributed by atoms with Crippen molar-refractivity contribution < 1.29 is 19.1 Å². The minimum Gasteiger partial charge on any atom is -0.497 e. The number of amides is 2. The molecule has 2 aliphatic heterocycles. The van der Waals surface area contributed by atoms with Crippen molar-refractivity contribution in [2.24, 2.45) is 0 Å². The molecule has 0 aliphatic carbocycles. The standard InChI is InChI=1S/C24H28N2O4/c1-29-21-10-6-19(7-11-21)24(28)26-16-4-5-20(26)17-30-22-12-8-18(9-13-22)23(27)25-14-2-3-15-25/h6-13,20H,2-5,14-17H2,1H3/t20-/m0/s1. The molecule has 2 aromatic rings. The summed E-state index contributed by atoms with van der Waals surface area (Å²) in [4.78, 5) is 29.1. The number of carbonyl (C=O) groups excluding carboxylic acids is 2. The molecule has 2 amide bonds. The molecule has 0 unspecified atom stereocenters. The first-order chi connectivity index (χ1) is 14.7. The Bertz CT molecular complexity index is 873. The lowest BCUT2D eigenvalue weighted by molar-refractivity contribution is 0.0690. The van der Waals surface area contributed by atoms with Crippen molar-refractivity contribution >= 4 is 11.8 Å². The molecule has 0 N–H and O–H groups in total. The van der Waals surface area contributed by atoms with Crippen LogP contribution in [0.25, 0.3) is 0 Å². The maximum Gasteiger partial charge on any atom is 0.254 e. The third-order valence-electron chi connectivity index (χ3n) is 5.91. The van der Waals surface area contributed by atoms with Crippen LogP contribution in [0, 0.1) is 0 Å². The van der Waals surface area contributed by atoms with Crippen LogP contribution in [0.4, 0.5) is 0 Å². The Morgan fingerprint density at radius 3 is 2.07 bits per heavy atom. The average molecular weight is 408 g/mol. The molecule has 2 saturated heterocycles. The Hall–Kier alpha value is -3.02. The van der Waals surface area contributed by atoms with Crippen LogP contribution in [0.15, 0.2) is 48.5 Å². The SMILES string of the molecule is COc1ccc(C(=O)N2CCC[C@H]2COc2ccc(C(=O)N3CCCC3)cc2)cc1. The molecule has 2 heterocycles. The Morgan fingerprint density at radius 2 is 1.43 bits per heavy atom. The molecule has 0 spiro atoms. The van der Waals surface area contributed by atoms with Crippen molar-refractivity contribution in [2.75, 3.05) is 33.4 Å². The van der Waals surface area contributed by atoms with Gasteiger partial charge < -0.3 is 19.3 Å². The Morgan fingerprint density at radius 1 is 0.833 bits per heavy atom. The van der Waals surface area contributed by atoms with Gasteiger partial charge in [0, 0.05) is 30.8 Å². The van der Waals surface area contributed by atoms with Gasteiger partial charge in [-0.05, 0) is 74.2 Å². The van der Waals surface area contributed by atoms with Crippen molar-refractivity contribution in [1.82, 2.24) is 9.80 Å². The smallest absolute Gasteiger partial charge is 0.254 e. The molecule has 4 rings (SSSR count). The first-order valence-electron chi connectivity index (χ1n) is 10.6. The van der Waals surface area contributed by atoms with Gasteiger partial charge in [0.1, 0.15) is 18.1 Å². The summed E-state index contributed by atoms with van der Waals surface area (Å²) in [6, 6.07) is 14.6. The van der Waals surface area contributed by atoms with E-state index in [2.05, 4.69) is 0 Å². The highest BCUT2D eigenvalue weighted by Crippen LogP contribution is 2.23. The van der Waals surface area contributed by atoms with Gasteiger partial charge in [-0.2, -0.15) is 0 Å². The number of ether oxygens (including phenoxy) is 2. The summed E-state index contributed by atoms with van der Waals surface area (Å²) >= 11 is 0. The number of methoxy groups -OCH3 is 1. The van der Waals surface area contributed by atoms with Gasteiger partial charge in [-0.3, -0.25) is 9.59 Å². The predicted octanol–water partition coefficient (Wildman–Crippen LogP) is 3.61. The molecule has 30 heavy (non-hydrogen) atoms.